The van der Waals surface area contributed by atoms with Gasteiger partial charge in [0.15, 0.2) is 0 Å². The number of unbranched alkanes of at least 4 members (excludes halogenated alkanes) is 2. The van der Waals surface area contributed by atoms with E-state index in [-0.39, 0.29) is 11.9 Å². The van der Waals surface area contributed by atoms with Gasteiger partial charge in [-0.2, -0.15) is 0 Å². The van der Waals surface area contributed by atoms with Crippen molar-refractivity contribution in [3.8, 4) is 0 Å². The summed E-state index contributed by atoms with van der Waals surface area (Å²) in [6, 6.07) is 9.57. The van der Waals surface area contributed by atoms with Gasteiger partial charge >= 0.3 is 0 Å². The summed E-state index contributed by atoms with van der Waals surface area (Å²) in [5, 5.41) is 0. The van der Waals surface area contributed by atoms with Gasteiger partial charge in [0.05, 0.1) is 0 Å². The Morgan fingerprint density at radius 2 is 1.63 bits per heavy atom. The number of hydrogen-bond donors (Lipinski definition) is 1. The maximum atomic E-state index is 11.8. The van der Waals surface area contributed by atoms with Crippen molar-refractivity contribution in [2.45, 2.75) is 45.6 Å². The van der Waals surface area contributed by atoms with Gasteiger partial charge in [0.25, 0.3) is 0 Å². The van der Waals surface area contributed by atoms with Gasteiger partial charge in [0.1, 0.15) is 6.04 Å². The van der Waals surface area contributed by atoms with Gasteiger partial charge in [-0.25, -0.2) is 0 Å². The lowest BCUT2D eigenvalue weighted by Crippen LogP contribution is -2.39. The fraction of sp³-hybridized carbons (Fsp3) is 0.562. The quantitative estimate of drug-likeness (QED) is 0.743. The normalized spacial score (nSPS) is 12.6. The van der Waals surface area contributed by atoms with Gasteiger partial charge in [0.2, 0.25) is 5.91 Å². The van der Waals surface area contributed by atoms with Gasteiger partial charge < -0.3 is 5.73 Å². The Kier molecular flexibility index (Phi) is 7.19. The van der Waals surface area contributed by atoms with Crippen molar-refractivity contribution in [3.05, 3.63) is 35.9 Å². The summed E-state index contributed by atoms with van der Waals surface area (Å²) >= 11 is 0. The molecule has 3 nitrogen and oxygen atoms in total. The van der Waals surface area contributed by atoms with E-state index in [4.69, 9.17) is 5.73 Å². The molecule has 0 heterocycles. The molecule has 19 heavy (non-hydrogen) atoms. The topological polar surface area (TPSA) is 46.3 Å². The Morgan fingerprint density at radius 3 is 2.05 bits per heavy atom. The largest absolute Gasteiger partial charge is 0.368 e. The van der Waals surface area contributed by atoms with E-state index in [1.165, 1.54) is 0 Å². The van der Waals surface area contributed by atoms with E-state index >= 15 is 0 Å². The van der Waals surface area contributed by atoms with Gasteiger partial charge in [-0.3, -0.25) is 9.69 Å². The molecule has 3 heteroatoms. The Bertz CT molecular complexity index is 356. The van der Waals surface area contributed by atoms with Crippen LogP contribution in [-0.2, 0) is 4.79 Å². The number of primary amides is 1. The number of rotatable bonds is 9. The Balaban J connectivity index is 2.88. The van der Waals surface area contributed by atoms with Crippen molar-refractivity contribution in [2.24, 2.45) is 5.73 Å². The lowest BCUT2D eigenvalue weighted by atomic mass is 10.0. The zero-order chi connectivity index (χ0) is 14.1. The second-order valence-electron chi connectivity index (χ2n) is 4.96. The van der Waals surface area contributed by atoms with E-state index in [9.17, 15) is 4.79 Å². The number of carbonyl (C=O) groups excluding carboxylic acids is 1. The molecule has 0 radical (unpaired) electrons. The van der Waals surface area contributed by atoms with Gasteiger partial charge in [-0.15, -0.1) is 0 Å². The highest BCUT2D eigenvalue weighted by Gasteiger charge is 2.24. The van der Waals surface area contributed by atoms with Crippen molar-refractivity contribution in [1.82, 2.24) is 4.90 Å². The third-order valence-electron chi connectivity index (χ3n) is 3.35. The molecule has 0 aliphatic carbocycles. The summed E-state index contributed by atoms with van der Waals surface area (Å²) in [6.07, 6.45) is 4.45. The molecular weight excluding hydrogens is 236 g/mol. The van der Waals surface area contributed by atoms with E-state index in [2.05, 4.69) is 18.7 Å². The summed E-state index contributed by atoms with van der Waals surface area (Å²) < 4.78 is 0. The highest BCUT2D eigenvalue weighted by molar-refractivity contribution is 5.81. The number of carbonyl (C=O) groups is 1. The van der Waals surface area contributed by atoms with Crippen LogP contribution in [0, 0.1) is 0 Å². The number of nitrogens with two attached hydrogens (primary N) is 1. The molecule has 1 rings (SSSR count). The third kappa shape index (κ3) is 5.03. The molecule has 0 saturated carbocycles. The van der Waals surface area contributed by atoms with Crippen molar-refractivity contribution >= 4 is 5.91 Å². The predicted octanol–water partition coefficient (Wildman–Crippen LogP) is 3.12. The molecule has 0 bridgehead atoms. The van der Waals surface area contributed by atoms with Crippen LogP contribution in [0.5, 0.6) is 0 Å². The average Bonchev–Trinajstić information content (AvgIpc) is 2.42. The van der Waals surface area contributed by atoms with E-state index in [1.54, 1.807) is 0 Å². The molecule has 0 spiro atoms. The van der Waals surface area contributed by atoms with Crippen LogP contribution in [0.4, 0.5) is 0 Å². The zero-order valence-corrected chi connectivity index (χ0v) is 12.1. The number of benzene rings is 1. The standard InChI is InChI=1S/C16H26N2O/c1-3-5-12-18(13-6-4-2)15(16(17)19)14-10-8-7-9-11-14/h7-11,15H,3-6,12-13H2,1-2H3,(H2,17,19). The van der Waals surface area contributed by atoms with Crippen molar-refractivity contribution in [3.63, 3.8) is 0 Å². The summed E-state index contributed by atoms with van der Waals surface area (Å²) in [5.74, 6) is -0.251. The maximum absolute atomic E-state index is 11.8. The molecule has 0 aliphatic heterocycles. The zero-order valence-electron chi connectivity index (χ0n) is 12.1. The molecule has 1 aromatic carbocycles. The Morgan fingerprint density at radius 1 is 1.11 bits per heavy atom. The first-order chi connectivity index (χ1) is 9.20. The maximum Gasteiger partial charge on any atom is 0.239 e. The number of amides is 1. The lowest BCUT2D eigenvalue weighted by molar-refractivity contribution is -0.123. The molecule has 106 valence electrons. The van der Waals surface area contributed by atoms with E-state index < -0.39 is 0 Å². The van der Waals surface area contributed by atoms with Gasteiger partial charge in [-0.05, 0) is 31.5 Å². The van der Waals surface area contributed by atoms with Crippen LogP contribution < -0.4 is 5.73 Å². The SMILES string of the molecule is CCCCN(CCCC)C(C(N)=O)c1ccccc1. The average molecular weight is 262 g/mol. The van der Waals surface area contributed by atoms with Crippen molar-refractivity contribution in [2.75, 3.05) is 13.1 Å². The van der Waals surface area contributed by atoms with Crippen molar-refractivity contribution in [1.29, 1.82) is 0 Å². The lowest BCUT2D eigenvalue weighted by Gasteiger charge is -2.29. The monoisotopic (exact) mass is 262 g/mol. The summed E-state index contributed by atoms with van der Waals surface area (Å²) in [5.41, 5.74) is 6.63. The first-order valence-electron chi connectivity index (χ1n) is 7.29. The number of hydrogen-bond acceptors (Lipinski definition) is 2. The minimum Gasteiger partial charge on any atom is -0.368 e. The molecule has 0 aliphatic rings. The summed E-state index contributed by atoms with van der Waals surface area (Å²) in [6.45, 7) is 6.19. The van der Waals surface area contributed by atoms with Crippen LogP contribution in [0.25, 0.3) is 0 Å². The van der Waals surface area contributed by atoms with Crippen LogP contribution >= 0.6 is 0 Å². The molecule has 0 fully saturated rings. The smallest absolute Gasteiger partial charge is 0.239 e. The highest BCUT2D eigenvalue weighted by atomic mass is 16.1. The van der Waals surface area contributed by atoms with Crippen molar-refractivity contribution < 1.29 is 4.79 Å². The van der Waals surface area contributed by atoms with Crippen LogP contribution in [0.1, 0.15) is 51.1 Å². The predicted molar refractivity (Wildman–Crippen MR) is 79.8 cm³/mol. The highest BCUT2D eigenvalue weighted by Crippen LogP contribution is 2.21. The van der Waals surface area contributed by atoms with Gasteiger partial charge in [0, 0.05) is 0 Å². The molecular formula is C16H26N2O. The Labute approximate surface area is 116 Å². The van der Waals surface area contributed by atoms with Crippen LogP contribution in [0.15, 0.2) is 30.3 Å². The third-order valence-corrected chi connectivity index (χ3v) is 3.35. The second kappa shape index (κ2) is 8.70. The van der Waals surface area contributed by atoms with Gasteiger partial charge in [-0.1, -0.05) is 57.0 Å². The molecule has 0 aromatic heterocycles. The van der Waals surface area contributed by atoms with Crippen LogP contribution in [-0.4, -0.2) is 23.9 Å². The first kappa shape index (κ1) is 15.7. The molecule has 0 saturated heterocycles. The second-order valence-corrected chi connectivity index (χ2v) is 4.96. The molecule has 1 unspecified atom stereocenters. The fourth-order valence-corrected chi connectivity index (χ4v) is 2.28. The Hall–Kier alpha value is -1.35. The number of nitrogens with zero attached hydrogens (tertiary/aromatic N) is 1. The minimum absolute atomic E-state index is 0.251. The molecule has 1 amide bonds. The minimum atomic E-state index is -0.292. The molecule has 1 aromatic rings. The summed E-state index contributed by atoms with van der Waals surface area (Å²) in [4.78, 5) is 14.1. The molecule has 1 atom stereocenters. The van der Waals surface area contributed by atoms with E-state index in [1.807, 2.05) is 30.3 Å². The van der Waals surface area contributed by atoms with Crippen LogP contribution in [0.3, 0.4) is 0 Å². The van der Waals surface area contributed by atoms with E-state index in [0.717, 1.165) is 44.3 Å². The van der Waals surface area contributed by atoms with E-state index in [0.29, 0.717) is 0 Å². The molecule has 2 N–H and O–H groups in total. The fourth-order valence-electron chi connectivity index (χ4n) is 2.28. The summed E-state index contributed by atoms with van der Waals surface area (Å²) in [7, 11) is 0. The first-order valence-corrected chi connectivity index (χ1v) is 7.29. The van der Waals surface area contributed by atoms with Crippen LogP contribution in [0.2, 0.25) is 0 Å².